The third-order valence-electron chi connectivity index (χ3n) is 19.9. The lowest BCUT2D eigenvalue weighted by molar-refractivity contribution is 0.0683. The molecule has 0 saturated heterocycles. The van der Waals surface area contributed by atoms with Crippen molar-refractivity contribution in [3.8, 4) is 81.2 Å². The van der Waals surface area contributed by atoms with Gasteiger partial charge in [0, 0.05) is 97.1 Å². The Kier molecular flexibility index (Phi) is 25.7. The molecule has 0 saturated carbocycles. The minimum atomic E-state index is -3.83. The number of ether oxygens (including phenoxy) is 5. The Hall–Kier alpha value is -17.4. The van der Waals surface area contributed by atoms with Gasteiger partial charge in [0.25, 0.3) is 23.6 Å². The minimum absolute atomic E-state index is 0.0506. The molecular formula is C103H70N4O19P2. The predicted molar refractivity (Wildman–Crippen MR) is 488 cm³/mol. The van der Waals surface area contributed by atoms with Crippen LogP contribution in [0.4, 0.5) is 22.7 Å². The molecule has 0 fully saturated rings. The Morgan fingerprint density at radius 1 is 0.242 bits per heavy atom. The maximum atomic E-state index is 16.2. The number of carboxylic acid groups (broad SMARTS) is 4. The first-order valence-corrected chi connectivity index (χ1v) is 42.7. The number of carbonyl (C=O) groups excluding carboxylic acids is 4. The molecule has 0 bridgehead atoms. The van der Waals surface area contributed by atoms with Crippen molar-refractivity contribution < 1.29 is 91.6 Å². The molecular weight excluding hydrogens is 1660 g/mol. The summed E-state index contributed by atoms with van der Waals surface area (Å²) in [6, 6.07) is 94.3. The highest BCUT2D eigenvalue weighted by Crippen LogP contribution is 2.49. The first kappa shape index (κ1) is 85.6. The second-order valence-electron chi connectivity index (χ2n) is 28.4. The van der Waals surface area contributed by atoms with Gasteiger partial charge in [-0.05, 0) is 165 Å². The Bertz CT molecular complexity index is 7050. The molecule has 0 aliphatic heterocycles. The quantitative estimate of drug-likeness (QED) is 0.0167. The van der Waals surface area contributed by atoms with Crippen LogP contribution in [0.5, 0.6) is 57.5 Å². The molecule has 0 unspecified atom stereocenters. The van der Waals surface area contributed by atoms with Crippen LogP contribution in [-0.4, -0.2) is 67.9 Å². The minimum Gasteiger partial charge on any atom is -0.478 e. The first-order valence-electron chi connectivity index (χ1n) is 39.3. The summed E-state index contributed by atoms with van der Waals surface area (Å²) in [6.07, 6.45) is 0. The number of aromatic carboxylic acids is 4. The summed E-state index contributed by atoms with van der Waals surface area (Å²) in [5.41, 5.74) is -0.156. The van der Waals surface area contributed by atoms with Crippen LogP contribution in [0.2, 0.25) is 0 Å². The van der Waals surface area contributed by atoms with Crippen molar-refractivity contribution in [2.24, 2.45) is 0 Å². The van der Waals surface area contributed by atoms with Crippen LogP contribution in [0.25, 0.3) is 0 Å². The van der Waals surface area contributed by atoms with Crippen molar-refractivity contribution in [2.45, 2.75) is 6.92 Å². The van der Waals surface area contributed by atoms with Crippen molar-refractivity contribution in [1.82, 2.24) is 0 Å². The van der Waals surface area contributed by atoms with Gasteiger partial charge in [-0.25, -0.2) is 19.2 Å². The third-order valence-corrected chi connectivity index (χ3v) is 26.1. The maximum Gasteiger partial charge on any atom is 0.336 e. The van der Waals surface area contributed by atoms with Gasteiger partial charge in [-0.15, -0.1) is 5.92 Å². The topological polar surface area (TPSA) is 346 Å². The molecule has 0 heterocycles. The lowest BCUT2D eigenvalue weighted by atomic mass is 10.0. The molecule has 0 aromatic heterocycles. The summed E-state index contributed by atoms with van der Waals surface area (Å²) in [5.74, 6) is 3.59. The van der Waals surface area contributed by atoms with E-state index < -0.39 is 72.9 Å². The van der Waals surface area contributed by atoms with E-state index in [4.69, 9.17) is 23.7 Å². The largest absolute Gasteiger partial charge is 0.478 e. The van der Waals surface area contributed by atoms with E-state index in [9.17, 15) is 58.8 Å². The van der Waals surface area contributed by atoms with E-state index in [0.29, 0.717) is 32.3 Å². The summed E-state index contributed by atoms with van der Waals surface area (Å²) in [5, 5.41) is 54.4. The monoisotopic (exact) mass is 1730 g/mol. The predicted octanol–water partition coefficient (Wildman–Crippen LogP) is 19.5. The summed E-state index contributed by atoms with van der Waals surface area (Å²) >= 11 is 0. The molecule has 15 aromatic carbocycles. The molecule has 0 aliphatic rings. The lowest BCUT2D eigenvalue weighted by Gasteiger charge is -2.23. The molecule has 23 nitrogen and oxygen atoms in total. The smallest absolute Gasteiger partial charge is 0.336 e. The van der Waals surface area contributed by atoms with Gasteiger partial charge in [0.15, 0.2) is 14.3 Å². The molecule has 626 valence electrons. The number of nitrogens with one attached hydrogen (secondary N) is 4. The summed E-state index contributed by atoms with van der Waals surface area (Å²) in [7, 11) is -7.62. The van der Waals surface area contributed by atoms with Gasteiger partial charge >= 0.3 is 23.9 Å². The fourth-order valence-corrected chi connectivity index (χ4v) is 19.4. The lowest BCUT2D eigenvalue weighted by Crippen LogP contribution is -2.26. The fraction of sp³-hybridized carbons (Fsp3) is 0.00971. The highest BCUT2D eigenvalue weighted by molar-refractivity contribution is 7.86. The number of benzene rings is 15. The average molecular weight is 1730 g/mol. The van der Waals surface area contributed by atoms with E-state index in [2.05, 4.69) is 44.9 Å². The Labute approximate surface area is 732 Å². The number of anilines is 4. The molecule has 25 heteroatoms. The van der Waals surface area contributed by atoms with Crippen LogP contribution < -0.4 is 76.8 Å². The van der Waals surface area contributed by atoms with E-state index in [1.807, 2.05) is 30.3 Å². The standard InChI is InChI=1S/C103H70N4O19P2/c1-2-22-66-43-49-84(100(112)113)88(55-66)96(108)105-70-27-20-31-74(59-70)125-92-64-79(48-54-94(92)127(120,80-33-10-4-11-34-80)81-35-12-5-13-36-81)123-73-30-19-26-69(58-73)106-98(110)90-61-76(45-51-86(90)102(116)117)124-77-46-52-87(103(118)119)91(62-77)99(111)107-71-28-21-32-75(60-71)126-93-63-78(47-53-95(93)128(121,82-37-14-6-15-38-82)83-39-16-7-17-40-83)122-72-29-18-25-68(57-72)104-97(109)89-56-67(44-50-85(89)101(114)115)42-41-65-23-8-3-9-24-65/h3-21,23-40,43-64H,1H3,(H,104,109)(H,105,108)(H,106,110)(H,107,111)(H,112,113)(H,114,115)(H,116,117)(H,118,119). The summed E-state index contributed by atoms with van der Waals surface area (Å²) in [6.45, 7) is 1.61. The number of carbonyl (C=O) groups is 8. The molecule has 15 rings (SSSR count). The Balaban J connectivity index is 0.668. The van der Waals surface area contributed by atoms with Crippen LogP contribution in [0, 0.1) is 23.7 Å². The van der Waals surface area contributed by atoms with E-state index in [1.165, 1.54) is 97.1 Å². The Morgan fingerprint density at radius 2 is 0.500 bits per heavy atom. The van der Waals surface area contributed by atoms with Crippen LogP contribution >= 0.6 is 14.3 Å². The fourth-order valence-electron chi connectivity index (χ4n) is 13.9. The highest BCUT2D eigenvalue weighted by atomic mass is 31.2. The van der Waals surface area contributed by atoms with E-state index in [0.717, 1.165) is 29.8 Å². The van der Waals surface area contributed by atoms with Crippen molar-refractivity contribution in [1.29, 1.82) is 0 Å². The highest BCUT2D eigenvalue weighted by Gasteiger charge is 2.36. The van der Waals surface area contributed by atoms with Crippen LogP contribution in [-0.2, 0) is 9.13 Å². The summed E-state index contributed by atoms with van der Waals surface area (Å²) in [4.78, 5) is 107. The number of hydrogen-bond donors (Lipinski definition) is 8. The van der Waals surface area contributed by atoms with Gasteiger partial charge in [-0.2, -0.15) is 0 Å². The zero-order valence-corrected chi connectivity index (χ0v) is 69.2. The van der Waals surface area contributed by atoms with Crippen LogP contribution in [0.15, 0.2) is 358 Å². The van der Waals surface area contributed by atoms with E-state index >= 15 is 9.13 Å². The van der Waals surface area contributed by atoms with Crippen molar-refractivity contribution in [3.05, 3.63) is 419 Å². The molecule has 0 spiro atoms. The molecule has 0 atom stereocenters. The Morgan fingerprint density at radius 3 is 0.812 bits per heavy atom. The van der Waals surface area contributed by atoms with Crippen molar-refractivity contribution in [3.63, 3.8) is 0 Å². The molecule has 128 heavy (non-hydrogen) atoms. The van der Waals surface area contributed by atoms with Crippen LogP contribution in [0.3, 0.4) is 0 Å². The van der Waals surface area contributed by atoms with Crippen molar-refractivity contribution >= 4 is 116 Å². The average Bonchev–Trinajstić information content (AvgIpc) is 0.754. The van der Waals surface area contributed by atoms with Crippen LogP contribution in [0.1, 0.15) is 106 Å². The molecule has 8 N–H and O–H groups in total. The number of carboxylic acids is 4. The molecule has 15 aromatic rings. The molecule has 0 radical (unpaired) electrons. The first-order chi connectivity index (χ1) is 62.0. The summed E-state index contributed by atoms with van der Waals surface area (Å²) < 4.78 is 64.7. The number of rotatable bonds is 28. The van der Waals surface area contributed by atoms with Gasteiger partial charge in [-0.3, -0.25) is 19.2 Å². The second-order valence-corrected chi connectivity index (χ2v) is 33.9. The van der Waals surface area contributed by atoms with Gasteiger partial charge in [-0.1, -0.05) is 182 Å². The maximum absolute atomic E-state index is 16.2. The zero-order chi connectivity index (χ0) is 89.4. The van der Waals surface area contributed by atoms with Gasteiger partial charge in [0.05, 0.1) is 55.1 Å². The van der Waals surface area contributed by atoms with Gasteiger partial charge in [0.1, 0.15) is 57.5 Å². The SMILES string of the molecule is CC#Cc1ccc(C(=O)O)c(C(=O)Nc2cccc(Oc3cc(Oc4cccc(NC(=O)c5cc(Oc6ccc(C(=O)O)c(C(=O)Nc7cccc(Oc8cc(Oc9cccc(NC(=O)c%10cc(C#Cc%11ccccc%11)ccc%10C(=O)O)c9)ccc8P(=O)(c8ccccc8)c8ccccc8)c7)c6)ccc5C(=O)O)c4)ccc3P(=O)(c3ccccc3)c3ccccc3)c2)c1. The van der Waals surface area contributed by atoms with Gasteiger partial charge in [0.2, 0.25) is 0 Å². The second kappa shape index (κ2) is 38.4. The van der Waals surface area contributed by atoms with E-state index in [-0.39, 0.29) is 124 Å². The molecule has 4 amide bonds. The van der Waals surface area contributed by atoms with Crippen molar-refractivity contribution in [2.75, 3.05) is 21.3 Å². The number of hydrogen-bond acceptors (Lipinski definition) is 15. The van der Waals surface area contributed by atoms with E-state index in [1.54, 1.807) is 213 Å². The molecule has 0 aliphatic carbocycles. The normalized spacial score (nSPS) is 10.9. The van der Waals surface area contributed by atoms with Gasteiger partial charge < -0.3 is 74.5 Å². The zero-order valence-electron chi connectivity index (χ0n) is 67.4. The number of amides is 4. The third kappa shape index (κ3) is 19.7.